The summed E-state index contributed by atoms with van der Waals surface area (Å²) >= 11 is 3.33. The van der Waals surface area contributed by atoms with E-state index in [1.165, 1.54) is 0 Å². The van der Waals surface area contributed by atoms with Crippen LogP contribution in [0.3, 0.4) is 0 Å². The van der Waals surface area contributed by atoms with Crippen molar-refractivity contribution >= 4 is 37.3 Å². The molecule has 0 aliphatic carbocycles. The Labute approximate surface area is 125 Å². The third-order valence-electron chi connectivity index (χ3n) is 2.93. The molecule has 0 fully saturated rings. The second kappa shape index (κ2) is 5.10. The van der Waals surface area contributed by atoms with Crippen molar-refractivity contribution in [2.24, 2.45) is 0 Å². The molecule has 0 aliphatic heterocycles. The second-order valence-corrected chi connectivity index (χ2v) is 7.03. The molecular formula is C12H15BrN4O2S. The van der Waals surface area contributed by atoms with Gasteiger partial charge < -0.3 is 5.73 Å². The molecule has 1 aromatic heterocycles. The number of sulfonamides is 1. The molecule has 0 amide bonds. The van der Waals surface area contributed by atoms with Crippen LogP contribution >= 0.6 is 15.9 Å². The van der Waals surface area contributed by atoms with Crippen molar-refractivity contribution in [1.82, 2.24) is 10.2 Å². The first-order chi connectivity index (χ1) is 9.22. The molecule has 108 valence electrons. The molecule has 4 N–H and O–H groups in total. The fraction of sp³-hybridized carbons (Fsp3) is 0.250. The van der Waals surface area contributed by atoms with Crippen molar-refractivity contribution in [3.63, 3.8) is 0 Å². The van der Waals surface area contributed by atoms with Crippen LogP contribution in [-0.2, 0) is 10.0 Å². The summed E-state index contributed by atoms with van der Waals surface area (Å²) in [6.07, 6.45) is 0. The Morgan fingerprint density at radius 3 is 2.50 bits per heavy atom. The summed E-state index contributed by atoms with van der Waals surface area (Å²) in [5, 5.41) is 6.56. The standard InChI is InChI=1S/C12H15BrN4O2S/c1-6-4-9(13)11(5-10(6)14)17-20(18,19)12-7(2)15-16-8(12)3/h4-5,17H,14H2,1-3H3,(H,15,16). The quantitative estimate of drug-likeness (QED) is 0.733. The molecule has 0 spiro atoms. The van der Waals surface area contributed by atoms with E-state index in [1.807, 2.05) is 6.92 Å². The molecular weight excluding hydrogens is 344 g/mol. The number of nitrogens with zero attached hydrogens (tertiary/aromatic N) is 1. The summed E-state index contributed by atoms with van der Waals surface area (Å²) in [5.41, 5.74) is 8.51. The maximum absolute atomic E-state index is 12.4. The Bertz CT molecular complexity index is 749. The highest BCUT2D eigenvalue weighted by Gasteiger charge is 2.23. The minimum absolute atomic E-state index is 0.156. The third kappa shape index (κ3) is 2.66. The number of nitrogen functional groups attached to an aromatic ring is 1. The Kier molecular flexibility index (Phi) is 3.79. The van der Waals surface area contributed by atoms with Crippen molar-refractivity contribution < 1.29 is 8.42 Å². The predicted molar refractivity (Wildman–Crippen MR) is 82.2 cm³/mol. The maximum Gasteiger partial charge on any atom is 0.265 e. The van der Waals surface area contributed by atoms with Gasteiger partial charge in [-0.15, -0.1) is 0 Å². The van der Waals surface area contributed by atoms with Gasteiger partial charge in [-0.25, -0.2) is 8.42 Å². The number of rotatable bonds is 3. The number of aryl methyl sites for hydroxylation is 3. The summed E-state index contributed by atoms with van der Waals surface area (Å²) in [6.45, 7) is 5.15. The number of hydrogen-bond acceptors (Lipinski definition) is 4. The molecule has 0 saturated heterocycles. The van der Waals surface area contributed by atoms with Crippen molar-refractivity contribution in [3.05, 3.63) is 33.6 Å². The van der Waals surface area contributed by atoms with Gasteiger partial charge in [-0.05, 0) is 54.4 Å². The van der Waals surface area contributed by atoms with Crippen molar-refractivity contribution in [1.29, 1.82) is 0 Å². The number of hydrogen-bond donors (Lipinski definition) is 3. The average molecular weight is 359 g/mol. The van der Waals surface area contributed by atoms with Gasteiger partial charge in [0.25, 0.3) is 10.0 Å². The van der Waals surface area contributed by atoms with Crippen LogP contribution in [0.15, 0.2) is 21.5 Å². The Morgan fingerprint density at radius 2 is 1.95 bits per heavy atom. The molecule has 0 unspecified atom stereocenters. The van der Waals surface area contributed by atoms with E-state index in [0.29, 0.717) is 27.2 Å². The third-order valence-corrected chi connectivity index (χ3v) is 5.21. The summed E-state index contributed by atoms with van der Waals surface area (Å²) in [7, 11) is -3.71. The van der Waals surface area contributed by atoms with E-state index in [9.17, 15) is 8.42 Å². The molecule has 2 aromatic rings. The van der Waals surface area contributed by atoms with Gasteiger partial charge in [0, 0.05) is 10.2 Å². The van der Waals surface area contributed by atoms with Crippen molar-refractivity contribution in [2.45, 2.75) is 25.7 Å². The molecule has 0 radical (unpaired) electrons. The highest BCUT2D eigenvalue weighted by molar-refractivity contribution is 9.10. The average Bonchev–Trinajstić information content (AvgIpc) is 2.66. The zero-order valence-corrected chi connectivity index (χ0v) is 13.7. The van der Waals surface area contributed by atoms with Gasteiger partial charge in [-0.3, -0.25) is 9.82 Å². The zero-order valence-electron chi connectivity index (χ0n) is 11.3. The minimum atomic E-state index is -3.71. The lowest BCUT2D eigenvalue weighted by Gasteiger charge is -2.12. The largest absolute Gasteiger partial charge is 0.398 e. The molecule has 20 heavy (non-hydrogen) atoms. The molecule has 1 heterocycles. The van der Waals surface area contributed by atoms with E-state index >= 15 is 0 Å². The minimum Gasteiger partial charge on any atom is -0.398 e. The van der Waals surface area contributed by atoms with Gasteiger partial charge in [0.2, 0.25) is 0 Å². The summed E-state index contributed by atoms with van der Waals surface area (Å²) in [6, 6.07) is 3.35. The summed E-state index contributed by atoms with van der Waals surface area (Å²) < 4.78 is 28.0. The number of aromatic amines is 1. The van der Waals surface area contributed by atoms with Gasteiger partial charge >= 0.3 is 0 Å². The molecule has 0 bridgehead atoms. The van der Waals surface area contributed by atoms with Crippen LogP contribution in [-0.4, -0.2) is 18.6 Å². The number of halogens is 1. The lowest BCUT2D eigenvalue weighted by atomic mass is 10.2. The Morgan fingerprint density at radius 1 is 1.30 bits per heavy atom. The Hall–Kier alpha value is -1.54. The van der Waals surface area contributed by atoms with Crippen LogP contribution in [0.2, 0.25) is 0 Å². The first kappa shape index (κ1) is 14.9. The molecule has 2 rings (SSSR count). The topological polar surface area (TPSA) is 101 Å². The first-order valence-corrected chi connectivity index (χ1v) is 8.10. The monoisotopic (exact) mass is 358 g/mol. The number of nitrogens with one attached hydrogen (secondary N) is 2. The van der Waals surface area contributed by atoms with Gasteiger partial charge in [0.1, 0.15) is 4.90 Å². The van der Waals surface area contributed by atoms with Gasteiger partial charge in [-0.2, -0.15) is 5.10 Å². The normalized spacial score (nSPS) is 11.6. The van der Waals surface area contributed by atoms with Crippen LogP contribution in [0.4, 0.5) is 11.4 Å². The van der Waals surface area contributed by atoms with E-state index in [0.717, 1.165) is 5.56 Å². The van der Waals surface area contributed by atoms with E-state index in [2.05, 4.69) is 30.8 Å². The van der Waals surface area contributed by atoms with Gasteiger partial charge in [0.05, 0.1) is 17.1 Å². The van der Waals surface area contributed by atoms with E-state index in [4.69, 9.17) is 5.73 Å². The summed E-state index contributed by atoms with van der Waals surface area (Å²) in [4.78, 5) is 0.156. The smallest absolute Gasteiger partial charge is 0.265 e. The Balaban J connectivity index is 2.47. The van der Waals surface area contributed by atoms with E-state index in [1.54, 1.807) is 26.0 Å². The van der Waals surface area contributed by atoms with Crippen LogP contribution < -0.4 is 10.5 Å². The highest BCUT2D eigenvalue weighted by atomic mass is 79.9. The van der Waals surface area contributed by atoms with E-state index in [-0.39, 0.29) is 4.90 Å². The molecule has 0 atom stereocenters. The van der Waals surface area contributed by atoms with Crippen LogP contribution in [0, 0.1) is 20.8 Å². The van der Waals surface area contributed by atoms with Crippen molar-refractivity contribution in [2.75, 3.05) is 10.5 Å². The fourth-order valence-electron chi connectivity index (χ4n) is 1.90. The van der Waals surface area contributed by atoms with Gasteiger partial charge in [0.15, 0.2) is 0 Å². The van der Waals surface area contributed by atoms with Crippen molar-refractivity contribution in [3.8, 4) is 0 Å². The molecule has 8 heteroatoms. The molecule has 0 aliphatic rings. The molecule has 1 aromatic carbocycles. The predicted octanol–water partition coefficient (Wildman–Crippen LogP) is 2.48. The first-order valence-electron chi connectivity index (χ1n) is 5.82. The number of benzene rings is 1. The SMILES string of the molecule is Cc1cc(Br)c(NS(=O)(=O)c2c(C)n[nH]c2C)cc1N. The van der Waals surface area contributed by atoms with Crippen LogP contribution in [0.25, 0.3) is 0 Å². The lowest BCUT2D eigenvalue weighted by molar-refractivity contribution is 0.600. The second-order valence-electron chi connectivity index (χ2n) is 4.56. The number of aromatic nitrogens is 2. The zero-order chi connectivity index (χ0) is 15.1. The number of anilines is 2. The van der Waals surface area contributed by atoms with E-state index < -0.39 is 10.0 Å². The number of H-pyrrole nitrogens is 1. The highest BCUT2D eigenvalue weighted by Crippen LogP contribution is 2.30. The molecule has 6 nitrogen and oxygen atoms in total. The van der Waals surface area contributed by atoms with Gasteiger partial charge in [-0.1, -0.05) is 0 Å². The maximum atomic E-state index is 12.4. The summed E-state index contributed by atoms with van der Waals surface area (Å²) in [5.74, 6) is 0. The fourth-order valence-corrected chi connectivity index (χ4v) is 4.03. The van der Waals surface area contributed by atoms with Crippen LogP contribution in [0.1, 0.15) is 17.0 Å². The number of nitrogens with two attached hydrogens (primary N) is 1. The lowest BCUT2D eigenvalue weighted by Crippen LogP contribution is -2.15. The molecule has 0 saturated carbocycles. The van der Waals surface area contributed by atoms with Crippen LogP contribution in [0.5, 0.6) is 0 Å².